The number of hydrogen-bond donors (Lipinski definition) is 2. The summed E-state index contributed by atoms with van der Waals surface area (Å²) in [5, 5.41) is 12.8. The normalized spacial score (nSPS) is 10.5. The lowest BCUT2D eigenvalue weighted by Crippen LogP contribution is -2.12. The molecule has 0 unspecified atom stereocenters. The zero-order valence-corrected chi connectivity index (χ0v) is 12.0. The lowest BCUT2D eigenvalue weighted by Gasteiger charge is -2.05. The average Bonchev–Trinajstić information content (AvgIpc) is 2.90. The Kier molecular flexibility index (Phi) is 4.32. The Morgan fingerprint density at radius 1 is 1.05 bits per heavy atom. The van der Waals surface area contributed by atoms with Crippen LogP contribution >= 0.6 is 0 Å². The van der Waals surface area contributed by atoms with Crippen LogP contribution in [-0.4, -0.2) is 22.0 Å². The van der Waals surface area contributed by atoms with Crippen molar-refractivity contribution in [1.82, 2.24) is 10.2 Å². The minimum atomic E-state index is -0.471. The van der Waals surface area contributed by atoms with Crippen LogP contribution in [0.4, 0.5) is 11.4 Å². The summed E-state index contributed by atoms with van der Waals surface area (Å²) in [4.78, 5) is 22.8. The number of nitrogens with zero attached hydrogens (tertiary/aromatic N) is 2. The third-order valence-electron chi connectivity index (χ3n) is 2.59. The molecule has 0 saturated heterocycles. The molecule has 0 atom stereocenters. The first-order valence-corrected chi connectivity index (χ1v) is 6.48. The molecule has 0 radical (unpaired) electrons. The quantitative estimate of drug-likeness (QED) is 0.900. The summed E-state index contributed by atoms with van der Waals surface area (Å²) in [6.07, 6.45) is 0. The number of hydrogen-bond acceptors (Lipinski definition) is 5. The van der Waals surface area contributed by atoms with Crippen molar-refractivity contribution in [1.29, 1.82) is 0 Å². The molecule has 110 valence electrons. The first-order chi connectivity index (χ1) is 9.95. The molecule has 1 aromatic heterocycles. The SMILES string of the molecule is CC(=O)Nc1ccc(NC(=O)c2nnc(C(C)C)o2)cc1. The molecule has 0 saturated carbocycles. The molecule has 7 heteroatoms. The average molecular weight is 288 g/mol. The largest absolute Gasteiger partial charge is 0.417 e. The Bertz CT molecular complexity index is 646. The fourth-order valence-corrected chi connectivity index (χ4v) is 1.58. The maximum Gasteiger partial charge on any atom is 0.313 e. The van der Waals surface area contributed by atoms with Crippen LogP contribution in [-0.2, 0) is 4.79 Å². The molecule has 2 N–H and O–H groups in total. The molecule has 7 nitrogen and oxygen atoms in total. The molecule has 0 bridgehead atoms. The molecule has 0 aliphatic carbocycles. The van der Waals surface area contributed by atoms with E-state index in [1.54, 1.807) is 24.3 Å². The second kappa shape index (κ2) is 6.17. The molecule has 1 aromatic carbocycles. The Morgan fingerprint density at radius 3 is 2.10 bits per heavy atom. The van der Waals surface area contributed by atoms with Crippen molar-refractivity contribution in [3.05, 3.63) is 36.0 Å². The highest BCUT2D eigenvalue weighted by atomic mass is 16.4. The summed E-state index contributed by atoms with van der Waals surface area (Å²) in [6.45, 7) is 5.23. The standard InChI is InChI=1S/C14H16N4O3/c1-8(2)13-17-18-14(21-13)12(20)16-11-6-4-10(5-7-11)15-9(3)19/h4-8H,1-3H3,(H,15,19)(H,16,20). The number of carbonyl (C=O) groups is 2. The summed E-state index contributed by atoms with van der Waals surface area (Å²) in [5.41, 5.74) is 1.22. The highest BCUT2D eigenvalue weighted by molar-refractivity contribution is 6.01. The van der Waals surface area contributed by atoms with Gasteiger partial charge in [-0.3, -0.25) is 9.59 Å². The van der Waals surface area contributed by atoms with Crippen LogP contribution in [0.3, 0.4) is 0 Å². The summed E-state index contributed by atoms with van der Waals surface area (Å²) in [7, 11) is 0. The van der Waals surface area contributed by atoms with Crippen LogP contribution in [0.2, 0.25) is 0 Å². The van der Waals surface area contributed by atoms with Crippen LogP contribution in [0.25, 0.3) is 0 Å². The van der Waals surface area contributed by atoms with E-state index in [0.29, 0.717) is 17.3 Å². The maximum atomic E-state index is 11.9. The Morgan fingerprint density at radius 2 is 1.62 bits per heavy atom. The first kappa shape index (κ1) is 14.7. The van der Waals surface area contributed by atoms with E-state index in [9.17, 15) is 9.59 Å². The second-order valence-corrected chi connectivity index (χ2v) is 4.81. The number of carbonyl (C=O) groups excluding carboxylic acids is 2. The van der Waals surface area contributed by atoms with E-state index < -0.39 is 5.91 Å². The minimum Gasteiger partial charge on any atom is -0.417 e. The number of amides is 2. The van der Waals surface area contributed by atoms with Gasteiger partial charge in [-0.25, -0.2) is 0 Å². The van der Waals surface area contributed by atoms with Crippen LogP contribution in [0.1, 0.15) is 43.3 Å². The monoisotopic (exact) mass is 288 g/mol. The van der Waals surface area contributed by atoms with Crippen LogP contribution in [0.15, 0.2) is 28.7 Å². The Hall–Kier alpha value is -2.70. The van der Waals surface area contributed by atoms with Crippen molar-refractivity contribution in [2.45, 2.75) is 26.7 Å². The Balaban J connectivity index is 2.03. The molecule has 0 aliphatic rings. The van der Waals surface area contributed by atoms with E-state index in [1.165, 1.54) is 6.92 Å². The minimum absolute atomic E-state index is 0.0657. The van der Waals surface area contributed by atoms with Crippen molar-refractivity contribution in [3.63, 3.8) is 0 Å². The van der Waals surface area contributed by atoms with E-state index in [4.69, 9.17) is 4.42 Å². The lowest BCUT2D eigenvalue weighted by molar-refractivity contribution is -0.114. The van der Waals surface area contributed by atoms with Gasteiger partial charge in [0.2, 0.25) is 11.8 Å². The van der Waals surface area contributed by atoms with Gasteiger partial charge < -0.3 is 15.1 Å². The third kappa shape index (κ3) is 3.88. The van der Waals surface area contributed by atoms with Crippen LogP contribution < -0.4 is 10.6 Å². The molecule has 2 amide bonds. The van der Waals surface area contributed by atoms with Gasteiger partial charge in [0.25, 0.3) is 0 Å². The molecular weight excluding hydrogens is 272 g/mol. The second-order valence-electron chi connectivity index (χ2n) is 4.81. The van der Waals surface area contributed by atoms with Crippen LogP contribution in [0.5, 0.6) is 0 Å². The van der Waals surface area contributed by atoms with Crippen molar-refractivity contribution >= 4 is 23.2 Å². The smallest absolute Gasteiger partial charge is 0.313 e. The number of anilines is 2. The van der Waals surface area contributed by atoms with Crippen LogP contribution in [0, 0.1) is 0 Å². The lowest BCUT2D eigenvalue weighted by atomic mass is 10.2. The van der Waals surface area contributed by atoms with Gasteiger partial charge in [0.15, 0.2) is 0 Å². The van der Waals surface area contributed by atoms with E-state index in [0.717, 1.165) is 0 Å². The fraction of sp³-hybridized carbons (Fsp3) is 0.286. The van der Waals surface area contributed by atoms with Crippen molar-refractivity contribution in [2.75, 3.05) is 10.6 Å². The van der Waals surface area contributed by atoms with E-state index >= 15 is 0 Å². The van der Waals surface area contributed by atoms with Crippen molar-refractivity contribution < 1.29 is 14.0 Å². The van der Waals surface area contributed by atoms with Gasteiger partial charge in [0.05, 0.1) is 0 Å². The van der Waals surface area contributed by atoms with Crippen molar-refractivity contribution in [2.24, 2.45) is 0 Å². The van der Waals surface area contributed by atoms with E-state index in [2.05, 4.69) is 20.8 Å². The van der Waals surface area contributed by atoms with Gasteiger partial charge in [-0.1, -0.05) is 13.8 Å². The molecule has 2 rings (SSSR count). The van der Waals surface area contributed by atoms with E-state index in [1.807, 2.05) is 13.8 Å². The third-order valence-corrected chi connectivity index (χ3v) is 2.59. The molecule has 1 heterocycles. The molecule has 2 aromatic rings. The topological polar surface area (TPSA) is 97.1 Å². The fourth-order valence-electron chi connectivity index (χ4n) is 1.58. The summed E-state index contributed by atoms with van der Waals surface area (Å²) in [5.74, 6) is -0.220. The number of rotatable bonds is 4. The number of aromatic nitrogens is 2. The maximum absolute atomic E-state index is 11.9. The zero-order chi connectivity index (χ0) is 15.4. The van der Waals surface area contributed by atoms with Gasteiger partial charge in [0, 0.05) is 24.2 Å². The molecule has 0 aliphatic heterocycles. The molecular formula is C14H16N4O3. The predicted molar refractivity (Wildman–Crippen MR) is 77.1 cm³/mol. The Labute approximate surface area is 121 Å². The van der Waals surface area contributed by atoms with E-state index in [-0.39, 0.29) is 17.7 Å². The van der Waals surface area contributed by atoms with Gasteiger partial charge in [0.1, 0.15) is 0 Å². The van der Waals surface area contributed by atoms with Gasteiger partial charge >= 0.3 is 11.8 Å². The van der Waals surface area contributed by atoms with Gasteiger partial charge in [-0.15, -0.1) is 10.2 Å². The summed E-state index contributed by atoms with van der Waals surface area (Å²) in [6, 6.07) is 6.71. The first-order valence-electron chi connectivity index (χ1n) is 6.48. The molecule has 21 heavy (non-hydrogen) atoms. The number of benzene rings is 1. The summed E-state index contributed by atoms with van der Waals surface area (Å²) >= 11 is 0. The highest BCUT2D eigenvalue weighted by Crippen LogP contribution is 2.16. The van der Waals surface area contributed by atoms with Gasteiger partial charge in [-0.05, 0) is 24.3 Å². The zero-order valence-electron chi connectivity index (χ0n) is 12.0. The highest BCUT2D eigenvalue weighted by Gasteiger charge is 2.16. The summed E-state index contributed by atoms with van der Waals surface area (Å²) < 4.78 is 5.26. The van der Waals surface area contributed by atoms with Crippen molar-refractivity contribution in [3.8, 4) is 0 Å². The van der Waals surface area contributed by atoms with Gasteiger partial charge in [-0.2, -0.15) is 0 Å². The number of nitrogens with one attached hydrogen (secondary N) is 2. The molecule has 0 fully saturated rings. The predicted octanol–water partition coefficient (Wildman–Crippen LogP) is 2.40. The molecule has 0 spiro atoms.